The fourth-order valence-corrected chi connectivity index (χ4v) is 0.290. The Morgan fingerprint density at radius 2 is 2.11 bits per heavy atom. The Labute approximate surface area is 55.8 Å². The van der Waals surface area contributed by atoms with Crippen molar-refractivity contribution in [3.05, 3.63) is 24.0 Å². The molecule has 0 unspecified atom stereocenters. The van der Waals surface area contributed by atoms with E-state index in [4.69, 9.17) is 5.73 Å². The lowest BCUT2D eigenvalue weighted by Crippen LogP contribution is -1.95. The molecule has 0 saturated heterocycles. The van der Waals surface area contributed by atoms with E-state index in [0.29, 0.717) is 5.70 Å². The van der Waals surface area contributed by atoms with Crippen molar-refractivity contribution in [1.29, 1.82) is 0 Å². The molecule has 0 spiro atoms. The van der Waals surface area contributed by atoms with Crippen molar-refractivity contribution >= 4 is 6.21 Å². The number of rotatable bonds is 2. The molecule has 0 rings (SSSR count). The first-order valence-electron chi connectivity index (χ1n) is 2.87. The summed E-state index contributed by atoms with van der Waals surface area (Å²) >= 11 is 0. The number of allylic oxidation sites excluding steroid dienone is 3. The van der Waals surface area contributed by atoms with Crippen molar-refractivity contribution in [2.75, 3.05) is 0 Å². The van der Waals surface area contributed by atoms with Crippen LogP contribution in [0.5, 0.6) is 0 Å². The highest BCUT2D eigenvalue weighted by Crippen LogP contribution is 1.77. The minimum Gasteiger partial charge on any atom is -0.398 e. The van der Waals surface area contributed by atoms with Crippen LogP contribution in [0.15, 0.2) is 29.0 Å². The first kappa shape index (κ1) is 7.95. The van der Waals surface area contributed by atoms with Gasteiger partial charge in [0.1, 0.15) is 0 Å². The van der Waals surface area contributed by atoms with E-state index in [0.717, 1.165) is 0 Å². The summed E-state index contributed by atoms with van der Waals surface area (Å²) in [4.78, 5) is 3.86. The zero-order chi connectivity index (χ0) is 7.11. The van der Waals surface area contributed by atoms with Gasteiger partial charge in [0.25, 0.3) is 0 Å². The summed E-state index contributed by atoms with van der Waals surface area (Å²) < 4.78 is 0. The molecule has 0 atom stereocenters. The van der Waals surface area contributed by atoms with Crippen LogP contribution in [0.25, 0.3) is 0 Å². The molecule has 2 nitrogen and oxygen atoms in total. The molecule has 9 heavy (non-hydrogen) atoms. The Kier molecular flexibility index (Phi) is 4.50. The van der Waals surface area contributed by atoms with Crippen molar-refractivity contribution in [1.82, 2.24) is 0 Å². The Morgan fingerprint density at radius 3 is 2.56 bits per heavy atom. The van der Waals surface area contributed by atoms with Gasteiger partial charge in [-0.3, -0.25) is 4.99 Å². The van der Waals surface area contributed by atoms with Gasteiger partial charge in [0, 0.05) is 18.1 Å². The highest BCUT2D eigenvalue weighted by atomic mass is 14.7. The van der Waals surface area contributed by atoms with Crippen LogP contribution < -0.4 is 5.73 Å². The molecule has 0 aromatic heterocycles. The van der Waals surface area contributed by atoms with E-state index in [1.807, 2.05) is 19.9 Å². The van der Waals surface area contributed by atoms with Gasteiger partial charge >= 0.3 is 0 Å². The molecule has 0 aliphatic carbocycles. The molecule has 2 heteroatoms. The van der Waals surface area contributed by atoms with Gasteiger partial charge in [-0.2, -0.15) is 0 Å². The van der Waals surface area contributed by atoms with Gasteiger partial charge in [-0.15, -0.1) is 0 Å². The van der Waals surface area contributed by atoms with Gasteiger partial charge in [0.15, 0.2) is 0 Å². The molecule has 0 saturated carbocycles. The summed E-state index contributed by atoms with van der Waals surface area (Å²) in [7, 11) is 0. The second-order valence-electron chi connectivity index (χ2n) is 1.55. The number of hydrogen-bond acceptors (Lipinski definition) is 2. The molecule has 0 amide bonds. The second-order valence-corrected chi connectivity index (χ2v) is 1.55. The van der Waals surface area contributed by atoms with Crippen LogP contribution in [0.3, 0.4) is 0 Å². The Morgan fingerprint density at radius 1 is 1.44 bits per heavy atom. The average Bonchev–Trinajstić information content (AvgIpc) is 1.89. The van der Waals surface area contributed by atoms with E-state index in [9.17, 15) is 0 Å². The maximum Gasteiger partial charge on any atom is 0.0494 e. The SMILES string of the molecule is C\C=C/N=C\C(N)=C/C. The zero-order valence-corrected chi connectivity index (χ0v) is 5.83. The molecule has 0 aliphatic rings. The number of nitrogens with two attached hydrogens (primary N) is 1. The molecule has 0 aliphatic heterocycles. The largest absolute Gasteiger partial charge is 0.398 e. The summed E-state index contributed by atoms with van der Waals surface area (Å²) in [6.45, 7) is 3.78. The standard InChI is InChI=1S/C7H12N2/c1-3-5-9-6-7(8)4-2/h3-6H,8H2,1-2H3/b5-3-,7-4+,9-6-. The Bertz CT molecular complexity index is 143. The lowest BCUT2D eigenvalue weighted by atomic mass is 10.5. The first-order valence-corrected chi connectivity index (χ1v) is 2.87. The smallest absolute Gasteiger partial charge is 0.0494 e. The van der Waals surface area contributed by atoms with Gasteiger partial charge in [0.05, 0.1) is 0 Å². The maximum atomic E-state index is 5.39. The van der Waals surface area contributed by atoms with E-state index in [-0.39, 0.29) is 0 Å². The topological polar surface area (TPSA) is 38.4 Å². The van der Waals surface area contributed by atoms with Crippen molar-refractivity contribution < 1.29 is 0 Å². The van der Waals surface area contributed by atoms with Crippen molar-refractivity contribution in [3.8, 4) is 0 Å². The summed E-state index contributed by atoms with van der Waals surface area (Å²) in [5.41, 5.74) is 6.08. The molecule has 0 aromatic carbocycles. The lowest BCUT2D eigenvalue weighted by molar-refractivity contribution is 1.43. The molecule has 0 fully saturated rings. The van der Waals surface area contributed by atoms with Crippen LogP contribution in [-0.4, -0.2) is 6.21 Å². The van der Waals surface area contributed by atoms with Gasteiger partial charge in [-0.1, -0.05) is 12.2 Å². The maximum absolute atomic E-state index is 5.39. The number of hydrogen-bond donors (Lipinski definition) is 1. The molecule has 2 N–H and O–H groups in total. The molecule has 0 radical (unpaired) electrons. The van der Waals surface area contributed by atoms with E-state index in [1.165, 1.54) is 0 Å². The third-order valence-corrected chi connectivity index (χ3v) is 0.792. The molecule has 50 valence electrons. The highest BCUT2D eigenvalue weighted by molar-refractivity contribution is 5.77. The van der Waals surface area contributed by atoms with Crippen LogP contribution in [-0.2, 0) is 0 Å². The molecule has 0 bridgehead atoms. The molecular formula is C7H12N2. The van der Waals surface area contributed by atoms with E-state index >= 15 is 0 Å². The van der Waals surface area contributed by atoms with Crippen LogP contribution in [0.2, 0.25) is 0 Å². The Balaban J connectivity index is 3.71. The number of aliphatic imine (C=N–C) groups is 1. The van der Waals surface area contributed by atoms with Gasteiger partial charge < -0.3 is 5.73 Å². The fraction of sp³-hybridized carbons (Fsp3) is 0.286. The first-order chi connectivity index (χ1) is 4.31. The monoisotopic (exact) mass is 124 g/mol. The van der Waals surface area contributed by atoms with Crippen molar-refractivity contribution in [2.24, 2.45) is 10.7 Å². The van der Waals surface area contributed by atoms with Crippen LogP contribution >= 0.6 is 0 Å². The predicted octanol–water partition coefficient (Wildman–Crippen LogP) is 1.45. The third kappa shape index (κ3) is 4.81. The highest BCUT2D eigenvalue weighted by Gasteiger charge is 1.73. The van der Waals surface area contributed by atoms with Crippen LogP contribution in [0.1, 0.15) is 13.8 Å². The average molecular weight is 124 g/mol. The van der Waals surface area contributed by atoms with E-state index < -0.39 is 0 Å². The number of nitrogens with zero attached hydrogens (tertiary/aromatic N) is 1. The molecule has 0 heterocycles. The quantitative estimate of drug-likeness (QED) is 0.556. The summed E-state index contributed by atoms with van der Waals surface area (Å²) in [6, 6.07) is 0. The summed E-state index contributed by atoms with van der Waals surface area (Å²) in [6.07, 6.45) is 6.95. The minimum atomic E-state index is 0.688. The third-order valence-electron chi connectivity index (χ3n) is 0.792. The van der Waals surface area contributed by atoms with Crippen LogP contribution in [0, 0.1) is 0 Å². The fourth-order valence-electron chi connectivity index (χ4n) is 0.290. The summed E-state index contributed by atoms with van der Waals surface area (Å²) in [5, 5.41) is 0. The van der Waals surface area contributed by atoms with Crippen molar-refractivity contribution in [3.63, 3.8) is 0 Å². The van der Waals surface area contributed by atoms with E-state index in [1.54, 1.807) is 18.5 Å². The molecular weight excluding hydrogens is 112 g/mol. The zero-order valence-electron chi connectivity index (χ0n) is 5.83. The predicted molar refractivity (Wildman–Crippen MR) is 41.3 cm³/mol. The van der Waals surface area contributed by atoms with Gasteiger partial charge in [0.2, 0.25) is 0 Å². The van der Waals surface area contributed by atoms with E-state index in [2.05, 4.69) is 4.99 Å². The normalized spacial score (nSPS) is 13.8. The second kappa shape index (κ2) is 5.09. The summed E-state index contributed by atoms with van der Waals surface area (Å²) in [5.74, 6) is 0. The lowest BCUT2D eigenvalue weighted by Gasteiger charge is -1.83. The minimum absolute atomic E-state index is 0.688. The van der Waals surface area contributed by atoms with Gasteiger partial charge in [-0.05, 0) is 13.8 Å². The Hall–Kier alpha value is -1.05. The van der Waals surface area contributed by atoms with Gasteiger partial charge in [-0.25, -0.2) is 0 Å². The van der Waals surface area contributed by atoms with Crippen molar-refractivity contribution in [2.45, 2.75) is 13.8 Å². The van der Waals surface area contributed by atoms with Crippen LogP contribution in [0.4, 0.5) is 0 Å². The molecule has 0 aromatic rings.